The van der Waals surface area contributed by atoms with E-state index in [1.807, 2.05) is 29.2 Å². The van der Waals surface area contributed by atoms with Gasteiger partial charge in [0.25, 0.3) is 5.56 Å². The molecule has 0 atom stereocenters. The Kier molecular flexibility index (Phi) is 5.02. The topological polar surface area (TPSA) is 55.2 Å². The van der Waals surface area contributed by atoms with E-state index in [1.165, 1.54) is 28.4 Å². The maximum absolute atomic E-state index is 13.1. The van der Waals surface area contributed by atoms with Crippen LogP contribution in [0.1, 0.15) is 18.4 Å². The van der Waals surface area contributed by atoms with Gasteiger partial charge < -0.3 is 4.90 Å². The lowest BCUT2D eigenvalue weighted by atomic mass is 10.1. The maximum atomic E-state index is 13.1. The first-order chi connectivity index (χ1) is 13.6. The Morgan fingerprint density at radius 3 is 2.64 bits per heavy atom. The number of hydrogen-bond acceptors (Lipinski definition) is 3. The van der Waals surface area contributed by atoms with E-state index < -0.39 is 0 Å². The van der Waals surface area contributed by atoms with Gasteiger partial charge in [0, 0.05) is 36.8 Å². The van der Waals surface area contributed by atoms with Crippen molar-refractivity contribution in [3.05, 3.63) is 82.4 Å². The highest BCUT2D eigenvalue weighted by molar-refractivity contribution is 5.95. The highest BCUT2D eigenvalue weighted by Gasteiger charge is 2.23. The number of hydrogen-bond donors (Lipinski definition) is 0. The van der Waals surface area contributed by atoms with Crippen LogP contribution < -0.4 is 10.5 Å². The van der Waals surface area contributed by atoms with Gasteiger partial charge in [-0.2, -0.15) is 5.10 Å². The van der Waals surface area contributed by atoms with Gasteiger partial charge in [0.05, 0.1) is 5.69 Å². The third-order valence-corrected chi connectivity index (χ3v) is 4.96. The number of aryl methyl sites for hydroxylation is 1. The summed E-state index contributed by atoms with van der Waals surface area (Å²) in [5, 5.41) is 4.36. The number of anilines is 1. The van der Waals surface area contributed by atoms with Gasteiger partial charge in [-0.05, 0) is 54.8 Å². The van der Waals surface area contributed by atoms with E-state index in [1.54, 1.807) is 18.2 Å². The Balaban J connectivity index is 1.41. The number of fused-ring (bicyclic) bond motifs is 1. The Hall–Kier alpha value is -3.28. The number of carbonyl (C=O) groups is 1. The molecule has 2 aromatic carbocycles. The summed E-state index contributed by atoms with van der Waals surface area (Å²) in [5.74, 6) is -0.258. The second-order valence-electron chi connectivity index (χ2n) is 6.81. The fourth-order valence-corrected chi connectivity index (χ4v) is 3.50. The van der Waals surface area contributed by atoms with E-state index in [9.17, 15) is 14.0 Å². The van der Waals surface area contributed by atoms with E-state index in [-0.39, 0.29) is 17.3 Å². The lowest BCUT2D eigenvalue weighted by Crippen LogP contribution is -2.29. The first kappa shape index (κ1) is 18.1. The summed E-state index contributed by atoms with van der Waals surface area (Å²) >= 11 is 0. The van der Waals surface area contributed by atoms with E-state index in [2.05, 4.69) is 5.10 Å². The van der Waals surface area contributed by atoms with Gasteiger partial charge in [-0.3, -0.25) is 9.59 Å². The van der Waals surface area contributed by atoms with Crippen molar-refractivity contribution in [2.75, 3.05) is 11.4 Å². The molecule has 4 rings (SSSR count). The second-order valence-corrected chi connectivity index (χ2v) is 6.81. The van der Waals surface area contributed by atoms with Crippen LogP contribution in [-0.2, 0) is 17.8 Å². The third kappa shape index (κ3) is 3.71. The van der Waals surface area contributed by atoms with Gasteiger partial charge in [0.1, 0.15) is 5.82 Å². The number of aromatic nitrogens is 2. The predicted molar refractivity (Wildman–Crippen MR) is 106 cm³/mol. The van der Waals surface area contributed by atoms with Crippen LogP contribution in [0.2, 0.25) is 0 Å². The average Bonchev–Trinajstić information content (AvgIpc) is 3.14. The van der Waals surface area contributed by atoms with Gasteiger partial charge in [0.2, 0.25) is 5.91 Å². The highest BCUT2D eigenvalue weighted by atomic mass is 19.1. The van der Waals surface area contributed by atoms with Crippen LogP contribution in [0.25, 0.3) is 11.3 Å². The molecular formula is C22H20FN3O2. The number of rotatable bonds is 5. The van der Waals surface area contributed by atoms with Gasteiger partial charge in [-0.25, -0.2) is 9.07 Å². The van der Waals surface area contributed by atoms with Crippen molar-refractivity contribution in [1.29, 1.82) is 0 Å². The van der Waals surface area contributed by atoms with Crippen LogP contribution in [0.5, 0.6) is 0 Å². The van der Waals surface area contributed by atoms with Crippen LogP contribution in [0.3, 0.4) is 0 Å². The lowest BCUT2D eigenvalue weighted by molar-refractivity contribution is -0.118. The summed E-state index contributed by atoms with van der Waals surface area (Å²) in [7, 11) is 0. The molecule has 0 N–H and O–H groups in total. The molecule has 0 radical (unpaired) electrons. The van der Waals surface area contributed by atoms with Gasteiger partial charge in [-0.1, -0.05) is 18.2 Å². The number of carbonyl (C=O) groups excluding carboxylic acids is 1. The summed E-state index contributed by atoms with van der Waals surface area (Å²) < 4.78 is 14.5. The summed E-state index contributed by atoms with van der Waals surface area (Å²) in [6.45, 7) is 1.06. The Bertz CT molecular complexity index is 1060. The van der Waals surface area contributed by atoms with Crippen LogP contribution in [-0.4, -0.2) is 22.2 Å². The molecule has 28 heavy (non-hydrogen) atoms. The average molecular weight is 377 g/mol. The number of halogens is 1. The van der Waals surface area contributed by atoms with Crippen molar-refractivity contribution < 1.29 is 9.18 Å². The predicted octanol–water partition coefficient (Wildman–Crippen LogP) is 3.42. The molecule has 1 amide bonds. The van der Waals surface area contributed by atoms with Crippen LogP contribution in [0.4, 0.5) is 10.1 Å². The molecule has 1 aliphatic rings. The molecule has 0 saturated carbocycles. The van der Waals surface area contributed by atoms with Crippen molar-refractivity contribution in [3.63, 3.8) is 0 Å². The summed E-state index contributed by atoms with van der Waals surface area (Å²) in [4.78, 5) is 26.5. The fourth-order valence-electron chi connectivity index (χ4n) is 3.50. The van der Waals surface area contributed by atoms with Crippen molar-refractivity contribution in [1.82, 2.24) is 9.78 Å². The molecule has 142 valence electrons. The molecule has 1 aliphatic heterocycles. The number of para-hydroxylation sites is 1. The molecule has 5 nitrogen and oxygen atoms in total. The molecule has 0 bridgehead atoms. The molecule has 0 spiro atoms. The Morgan fingerprint density at radius 1 is 1.04 bits per heavy atom. The van der Waals surface area contributed by atoms with Gasteiger partial charge in [0.15, 0.2) is 0 Å². The maximum Gasteiger partial charge on any atom is 0.266 e. The van der Waals surface area contributed by atoms with Gasteiger partial charge in [-0.15, -0.1) is 0 Å². The molecule has 0 aliphatic carbocycles. The monoisotopic (exact) mass is 377 g/mol. The van der Waals surface area contributed by atoms with E-state index >= 15 is 0 Å². The molecule has 0 unspecified atom stereocenters. The minimum Gasteiger partial charge on any atom is -0.312 e. The molecular weight excluding hydrogens is 357 g/mol. The normalized spacial score (nSPS) is 12.8. The van der Waals surface area contributed by atoms with Gasteiger partial charge >= 0.3 is 0 Å². The molecule has 0 fully saturated rings. The zero-order valence-electron chi connectivity index (χ0n) is 15.3. The van der Waals surface area contributed by atoms with E-state index in [0.29, 0.717) is 31.6 Å². The van der Waals surface area contributed by atoms with Crippen molar-refractivity contribution in [2.45, 2.75) is 25.8 Å². The minimum absolute atomic E-state index is 0.0627. The molecule has 1 aromatic heterocycles. The first-order valence-corrected chi connectivity index (χ1v) is 9.34. The number of benzene rings is 2. The standard InChI is InChI=1S/C22H20FN3O2/c23-18-9-7-16(8-10-18)19-11-12-22(28)26(24-19)14-3-6-21(27)25-15-13-17-4-1-2-5-20(17)25/h1-2,4-5,7-12H,3,6,13-15H2. The Labute approximate surface area is 162 Å². The van der Waals surface area contributed by atoms with Crippen molar-refractivity contribution in [2.24, 2.45) is 0 Å². The van der Waals surface area contributed by atoms with E-state index in [0.717, 1.165) is 17.7 Å². The molecule has 0 saturated heterocycles. The second kappa shape index (κ2) is 7.76. The molecule has 3 aromatic rings. The third-order valence-electron chi connectivity index (χ3n) is 4.96. The number of nitrogens with zero attached hydrogens (tertiary/aromatic N) is 3. The highest BCUT2D eigenvalue weighted by Crippen LogP contribution is 2.28. The summed E-state index contributed by atoms with van der Waals surface area (Å²) in [5.41, 5.74) is 3.30. The van der Waals surface area contributed by atoms with Crippen LogP contribution in [0, 0.1) is 5.82 Å². The van der Waals surface area contributed by atoms with Crippen LogP contribution >= 0.6 is 0 Å². The zero-order valence-corrected chi connectivity index (χ0v) is 15.3. The number of amides is 1. The Morgan fingerprint density at radius 2 is 1.82 bits per heavy atom. The van der Waals surface area contributed by atoms with Crippen molar-refractivity contribution >= 4 is 11.6 Å². The summed E-state index contributed by atoms with van der Waals surface area (Å²) in [6.07, 6.45) is 1.75. The van der Waals surface area contributed by atoms with E-state index in [4.69, 9.17) is 0 Å². The largest absolute Gasteiger partial charge is 0.312 e. The minimum atomic E-state index is -0.320. The zero-order chi connectivity index (χ0) is 19.5. The smallest absolute Gasteiger partial charge is 0.266 e. The van der Waals surface area contributed by atoms with Crippen molar-refractivity contribution in [3.8, 4) is 11.3 Å². The fraction of sp³-hybridized carbons (Fsp3) is 0.227. The molecule has 2 heterocycles. The quantitative estimate of drug-likeness (QED) is 0.685. The molecule has 6 heteroatoms. The lowest BCUT2D eigenvalue weighted by Gasteiger charge is -2.17. The van der Waals surface area contributed by atoms with Crippen LogP contribution in [0.15, 0.2) is 65.5 Å². The first-order valence-electron chi connectivity index (χ1n) is 9.34. The SMILES string of the molecule is O=C(CCCn1nc(-c2ccc(F)cc2)ccc1=O)N1CCc2ccccc21. The summed E-state index contributed by atoms with van der Waals surface area (Å²) in [6, 6.07) is 17.0.